The summed E-state index contributed by atoms with van der Waals surface area (Å²) in [6.45, 7) is 0.600. The molecular weight excluding hydrogens is 303 g/mol. The van der Waals surface area contributed by atoms with Crippen LogP contribution in [0.1, 0.15) is 5.56 Å². The van der Waals surface area contributed by atoms with Crippen LogP contribution in [0.3, 0.4) is 0 Å². The lowest BCUT2D eigenvalue weighted by atomic mass is 10.2. The van der Waals surface area contributed by atoms with E-state index >= 15 is 0 Å². The minimum absolute atomic E-state index is 0.127. The van der Waals surface area contributed by atoms with Gasteiger partial charge in [-0.3, -0.25) is 14.8 Å². The van der Waals surface area contributed by atoms with Crippen molar-refractivity contribution < 1.29 is 4.92 Å². The summed E-state index contributed by atoms with van der Waals surface area (Å²) in [6.07, 6.45) is 4.44. The molecule has 0 atom stereocenters. The quantitative estimate of drug-likeness (QED) is 0.679. The average molecular weight is 315 g/mol. The molecule has 0 bridgehead atoms. The van der Waals surface area contributed by atoms with Crippen LogP contribution in [0.5, 0.6) is 0 Å². The minimum atomic E-state index is -0.531. The number of nitrogens with one attached hydrogen (secondary N) is 1. The van der Waals surface area contributed by atoms with Crippen molar-refractivity contribution in [3.05, 3.63) is 50.2 Å². The molecule has 0 aliphatic heterocycles. The molecule has 0 aliphatic rings. The smallest absolute Gasteiger partial charge is 0.272 e. The Kier molecular flexibility index (Phi) is 4.46. The van der Waals surface area contributed by atoms with Gasteiger partial charge in [-0.15, -0.1) is 0 Å². The highest BCUT2D eigenvalue weighted by Crippen LogP contribution is 2.34. The third-order valence-electron chi connectivity index (χ3n) is 2.71. The van der Waals surface area contributed by atoms with Crippen LogP contribution in [0.2, 0.25) is 10.0 Å². The molecule has 0 spiro atoms. The number of nitro benzene ring substituents is 1. The number of halogens is 2. The second kappa shape index (κ2) is 6.11. The van der Waals surface area contributed by atoms with E-state index in [-0.39, 0.29) is 15.7 Å². The number of hydrogen-bond donors (Lipinski definition) is 1. The highest BCUT2D eigenvalue weighted by molar-refractivity contribution is 6.39. The fourth-order valence-electron chi connectivity index (χ4n) is 1.77. The molecule has 0 amide bonds. The van der Waals surface area contributed by atoms with Gasteiger partial charge in [-0.1, -0.05) is 23.2 Å². The van der Waals surface area contributed by atoms with Crippen molar-refractivity contribution in [2.75, 3.05) is 11.9 Å². The average Bonchev–Trinajstić information content (AvgIpc) is 2.78. The molecule has 20 heavy (non-hydrogen) atoms. The monoisotopic (exact) mass is 314 g/mol. The van der Waals surface area contributed by atoms with Gasteiger partial charge in [0.15, 0.2) is 0 Å². The summed E-state index contributed by atoms with van der Waals surface area (Å²) < 4.78 is 1.72. The lowest BCUT2D eigenvalue weighted by Crippen LogP contribution is -2.05. The predicted octanol–water partition coefficient (Wildman–Crippen LogP) is 3.29. The third kappa shape index (κ3) is 3.40. The van der Waals surface area contributed by atoms with E-state index in [9.17, 15) is 10.1 Å². The Labute approximate surface area is 125 Å². The zero-order valence-corrected chi connectivity index (χ0v) is 12.1. The zero-order chi connectivity index (χ0) is 14.7. The fourth-order valence-corrected chi connectivity index (χ4v) is 2.38. The van der Waals surface area contributed by atoms with Crippen LogP contribution in [0.4, 0.5) is 11.4 Å². The Bertz CT molecular complexity index is 619. The Hall–Kier alpha value is -1.79. The Morgan fingerprint density at radius 1 is 1.40 bits per heavy atom. The van der Waals surface area contributed by atoms with Crippen molar-refractivity contribution in [3.63, 3.8) is 0 Å². The van der Waals surface area contributed by atoms with Crippen LogP contribution in [0.25, 0.3) is 0 Å². The van der Waals surface area contributed by atoms with Crippen LogP contribution in [0, 0.1) is 10.1 Å². The van der Waals surface area contributed by atoms with Gasteiger partial charge in [0.2, 0.25) is 0 Å². The van der Waals surface area contributed by atoms with Crippen LogP contribution in [-0.4, -0.2) is 21.2 Å². The number of non-ortho nitro benzene ring substituents is 1. The molecule has 0 saturated carbocycles. The fraction of sp³-hybridized carbons (Fsp3) is 0.250. The second-order valence-electron chi connectivity index (χ2n) is 4.24. The summed E-state index contributed by atoms with van der Waals surface area (Å²) >= 11 is 12.0. The first-order valence-electron chi connectivity index (χ1n) is 5.82. The number of benzene rings is 1. The SMILES string of the molecule is Cn1cc(CCNc2c(Cl)cc([N+](=O)[O-])cc2Cl)cn1. The number of nitrogens with zero attached hydrogens (tertiary/aromatic N) is 3. The second-order valence-corrected chi connectivity index (χ2v) is 5.05. The van der Waals surface area contributed by atoms with Crippen LogP contribution in [-0.2, 0) is 13.5 Å². The van der Waals surface area contributed by atoms with Crippen molar-refractivity contribution in [1.82, 2.24) is 9.78 Å². The Balaban J connectivity index is 2.04. The molecule has 0 fully saturated rings. The van der Waals surface area contributed by atoms with Gasteiger partial charge in [-0.25, -0.2) is 0 Å². The normalized spacial score (nSPS) is 10.6. The maximum Gasteiger partial charge on any atom is 0.272 e. The summed E-state index contributed by atoms with van der Waals surface area (Å²) in [4.78, 5) is 10.1. The van der Waals surface area contributed by atoms with Gasteiger partial charge in [0.1, 0.15) is 0 Å². The van der Waals surface area contributed by atoms with Crippen molar-refractivity contribution in [2.45, 2.75) is 6.42 Å². The van der Waals surface area contributed by atoms with Gasteiger partial charge < -0.3 is 5.32 Å². The minimum Gasteiger partial charge on any atom is -0.382 e. The molecule has 0 saturated heterocycles. The topological polar surface area (TPSA) is 73.0 Å². The van der Waals surface area contributed by atoms with Crippen LogP contribution < -0.4 is 5.32 Å². The molecule has 8 heteroatoms. The summed E-state index contributed by atoms with van der Waals surface area (Å²) in [7, 11) is 1.85. The molecule has 0 radical (unpaired) electrons. The van der Waals surface area contributed by atoms with Crippen LogP contribution in [0.15, 0.2) is 24.5 Å². The number of anilines is 1. The summed E-state index contributed by atoms with van der Waals surface area (Å²) in [6, 6.07) is 2.56. The Morgan fingerprint density at radius 2 is 2.05 bits per heavy atom. The number of nitro groups is 1. The lowest BCUT2D eigenvalue weighted by Gasteiger charge is -2.09. The van der Waals surface area contributed by atoms with Gasteiger partial charge in [-0.05, 0) is 12.0 Å². The van der Waals surface area contributed by atoms with Gasteiger partial charge in [0.05, 0.1) is 26.9 Å². The summed E-state index contributed by atoms with van der Waals surface area (Å²) in [5, 5.41) is 18.3. The molecular formula is C12H12Cl2N4O2. The number of rotatable bonds is 5. The number of hydrogen-bond acceptors (Lipinski definition) is 4. The third-order valence-corrected chi connectivity index (χ3v) is 3.31. The van der Waals surface area contributed by atoms with Crippen molar-refractivity contribution in [1.29, 1.82) is 0 Å². The van der Waals surface area contributed by atoms with Gasteiger partial charge in [0.25, 0.3) is 5.69 Å². The van der Waals surface area contributed by atoms with E-state index in [1.165, 1.54) is 12.1 Å². The first kappa shape index (κ1) is 14.6. The highest BCUT2D eigenvalue weighted by atomic mass is 35.5. The van der Waals surface area contributed by atoms with E-state index < -0.39 is 4.92 Å². The number of aryl methyl sites for hydroxylation is 1. The summed E-state index contributed by atoms with van der Waals surface area (Å²) in [5.41, 5.74) is 1.45. The van der Waals surface area contributed by atoms with Crippen molar-refractivity contribution >= 4 is 34.6 Å². The molecule has 0 unspecified atom stereocenters. The molecule has 1 aromatic heterocycles. The molecule has 2 aromatic rings. The molecule has 0 aliphatic carbocycles. The predicted molar refractivity (Wildman–Crippen MR) is 78.5 cm³/mol. The van der Waals surface area contributed by atoms with Gasteiger partial charge in [0, 0.05) is 31.9 Å². The first-order chi connectivity index (χ1) is 9.47. The van der Waals surface area contributed by atoms with E-state index in [2.05, 4.69) is 10.4 Å². The van der Waals surface area contributed by atoms with E-state index in [0.29, 0.717) is 12.2 Å². The van der Waals surface area contributed by atoms with E-state index in [0.717, 1.165) is 12.0 Å². The molecule has 1 aromatic carbocycles. The molecule has 1 heterocycles. The summed E-state index contributed by atoms with van der Waals surface area (Å²) in [5.74, 6) is 0. The zero-order valence-electron chi connectivity index (χ0n) is 10.6. The molecule has 6 nitrogen and oxygen atoms in total. The number of aromatic nitrogens is 2. The Morgan fingerprint density at radius 3 is 2.55 bits per heavy atom. The molecule has 1 N–H and O–H groups in total. The van der Waals surface area contributed by atoms with E-state index in [1.807, 2.05) is 13.2 Å². The maximum absolute atomic E-state index is 10.7. The highest BCUT2D eigenvalue weighted by Gasteiger charge is 2.14. The van der Waals surface area contributed by atoms with Crippen molar-refractivity contribution in [2.24, 2.45) is 7.05 Å². The molecule has 106 valence electrons. The van der Waals surface area contributed by atoms with Crippen molar-refractivity contribution in [3.8, 4) is 0 Å². The largest absolute Gasteiger partial charge is 0.382 e. The van der Waals surface area contributed by atoms with E-state index in [4.69, 9.17) is 23.2 Å². The van der Waals surface area contributed by atoms with Crippen LogP contribution >= 0.6 is 23.2 Å². The van der Waals surface area contributed by atoms with Gasteiger partial charge in [-0.2, -0.15) is 5.10 Å². The van der Waals surface area contributed by atoms with E-state index in [1.54, 1.807) is 10.9 Å². The molecule has 2 rings (SSSR count). The standard InChI is InChI=1S/C12H12Cl2N4O2/c1-17-7-8(6-16-17)2-3-15-12-10(13)4-9(18(19)20)5-11(12)14/h4-7,15H,2-3H2,1H3. The van der Waals surface area contributed by atoms with Gasteiger partial charge >= 0.3 is 0 Å². The first-order valence-corrected chi connectivity index (χ1v) is 6.58. The maximum atomic E-state index is 10.7. The lowest BCUT2D eigenvalue weighted by molar-refractivity contribution is -0.384.